The Morgan fingerprint density at radius 1 is 1.22 bits per heavy atom. The number of aromatic amines is 1. The molecule has 0 aliphatic rings. The number of hydrogen-bond donors (Lipinski definition) is 1. The molecule has 1 aromatic heterocycles. The Balaban J connectivity index is 2.09. The fraction of sp³-hybridized carbons (Fsp3) is 0. The van der Waals surface area contributed by atoms with Crippen LogP contribution in [-0.2, 0) is 0 Å². The number of nitro groups is 1. The number of nitrogens with one attached hydrogen (secondary N) is 1. The molecule has 1 N–H and O–H groups in total. The van der Waals surface area contributed by atoms with E-state index in [2.05, 4.69) is 4.98 Å². The SMILES string of the molecule is O=C(/C=C/c1ccc([N+](=O)[O-])cc1)c1ccc[nH]1. The van der Waals surface area contributed by atoms with Gasteiger partial charge in [-0.15, -0.1) is 0 Å². The topological polar surface area (TPSA) is 76.0 Å². The molecule has 0 atom stereocenters. The van der Waals surface area contributed by atoms with E-state index in [4.69, 9.17) is 0 Å². The summed E-state index contributed by atoms with van der Waals surface area (Å²) in [6, 6.07) is 9.42. The van der Waals surface area contributed by atoms with Crippen LogP contribution in [0, 0.1) is 10.1 Å². The van der Waals surface area contributed by atoms with Crippen LogP contribution in [-0.4, -0.2) is 15.7 Å². The number of ketones is 1. The van der Waals surface area contributed by atoms with E-state index < -0.39 is 4.92 Å². The predicted molar refractivity (Wildman–Crippen MR) is 67.3 cm³/mol. The molecule has 0 aliphatic heterocycles. The van der Waals surface area contributed by atoms with E-state index in [1.54, 1.807) is 36.5 Å². The van der Waals surface area contributed by atoms with Crippen LogP contribution in [0.15, 0.2) is 48.7 Å². The van der Waals surface area contributed by atoms with Crippen LogP contribution in [0.4, 0.5) is 5.69 Å². The summed E-state index contributed by atoms with van der Waals surface area (Å²) in [5.41, 5.74) is 1.27. The number of nitrogens with zero attached hydrogens (tertiary/aromatic N) is 1. The molecule has 0 bridgehead atoms. The van der Waals surface area contributed by atoms with Crippen LogP contribution < -0.4 is 0 Å². The summed E-state index contributed by atoms with van der Waals surface area (Å²) < 4.78 is 0. The first-order chi connectivity index (χ1) is 8.66. The molecule has 0 fully saturated rings. The first kappa shape index (κ1) is 11.8. The number of non-ortho nitro benzene ring substituents is 1. The second kappa shape index (κ2) is 5.09. The van der Waals surface area contributed by atoms with E-state index in [0.29, 0.717) is 5.69 Å². The number of allylic oxidation sites excluding steroid dienone is 1. The third-order valence-corrected chi connectivity index (χ3v) is 2.39. The van der Waals surface area contributed by atoms with Gasteiger partial charge in [0.05, 0.1) is 10.6 Å². The zero-order valence-corrected chi connectivity index (χ0v) is 9.37. The van der Waals surface area contributed by atoms with Crippen molar-refractivity contribution in [3.8, 4) is 0 Å². The van der Waals surface area contributed by atoms with Crippen molar-refractivity contribution in [1.82, 2.24) is 4.98 Å². The molecule has 0 saturated carbocycles. The van der Waals surface area contributed by atoms with Gasteiger partial charge < -0.3 is 4.98 Å². The number of carbonyl (C=O) groups excluding carboxylic acids is 1. The maximum atomic E-state index is 11.6. The van der Waals surface area contributed by atoms with E-state index in [9.17, 15) is 14.9 Å². The molecule has 2 rings (SSSR count). The molecule has 0 radical (unpaired) electrons. The maximum Gasteiger partial charge on any atom is 0.269 e. The van der Waals surface area contributed by atoms with Gasteiger partial charge in [-0.05, 0) is 35.9 Å². The third kappa shape index (κ3) is 2.70. The average molecular weight is 242 g/mol. The molecule has 90 valence electrons. The van der Waals surface area contributed by atoms with Crippen LogP contribution in [0.5, 0.6) is 0 Å². The van der Waals surface area contributed by atoms with Gasteiger partial charge in [-0.1, -0.05) is 6.08 Å². The first-order valence-corrected chi connectivity index (χ1v) is 5.27. The summed E-state index contributed by atoms with van der Waals surface area (Å²) in [6.45, 7) is 0. The summed E-state index contributed by atoms with van der Waals surface area (Å²) in [7, 11) is 0. The maximum absolute atomic E-state index is 11.6. The van der Waals surface area contributed by atoms with Crippen LogP contribution in [0.3, 0.4) is 0 Å². The zero-order chi connectivity index (χ0) is 13.0. The molecule has 0 unspecified atom stereocenters. The number of benzene rings is 1. The molecule has 1 heterocycles. The largest absolute Gasteiger partial charge is 0.359 e. The van der Waals surface area contributed by atoms with Crippen LogP contribution in [0.25, 0.3) is 6.08 Å². The Kier molecular flexibility index (Phi) is 3.33. The highest BCUT2D eigenvalue weighted by Gasteiger charge is 2.03. The number of carbonyl (C=O) groups is 1. The minimum atomic E-state index is -0.461. The van der Waals surface area contributed by atoms with Crippen molar-refractivity contribution < 1.29 is 9.72 Å². The molecule has 0 amide bonds. The summed E-state index contributed by atoms with van der Waals surface area (Å²) in [5.74, 6) is -0.140. The lowest BCUT2D eigenvalue weighted by Gasteiger charge is -1.93. The normalized spacial score (nSPS) is 10.7. The number of H-pyrrole nitrogens is 1. The highest BCUT2D eigenvalue weighted by Crippen LogP contribution is 2.13. The quantitative estimate of drug-likeness (QED) is 0.387. The molecule has 2 aromatic rings. The first-order valence-electron chi connectivity index (χ1n) is 5.27. The average Bonchev–Trinajstić information content (AvgIpc) is 2.90. The fourth-order valence-corrected chi connectivity index (χ4v) is 1.45. The van der Waals surface area contributed by atoms with Gasteiger partial charge in [0.1, 0.15) is 0 Å². The second-order valence-electron chi connectivity index (χ2n) is 3.63. The molecular formula is C13H10N2O3. The van der Waals surface area contributed by atoms with E-state index in [1.807, 2.05) is 0 Å². The smallest absolute Gasteiger partial charge is 0.269 e. The number of rotatable bonds is 4. The Labute approximate surface area is 103 Å². The van der Waals surface area contributed by atoms with Gasteiger partial charge in [-0.25, -0.2) is 0 Å². The Bertz CT molecular complexity index is 583. The highest BCUT2D eigenvalue weighted by atomic mass is 16.6. The van der Waals surface area contributed by atoms with Gasteiger partial charge in [-0.3, -0.25) is 14.9 Å². The van der Waals surface area contributed by atoms with Gasteiger partial charge in [-0.2, -0.15) is 0 Å². The highest BCUT2D eigenvalue weighted by molar-refractivity contribution is 6.05. The predicted octanol–water partition coefficient (Wildman–Crippen LogP) is 2.82. The van der Waals surface area contributed by atoms with Gasteiger partial charge in [0, 0.05) is 18.3 Å². The standard InChI is InChI=1S/C13H10N2O3/c16-13(12-2-1-9-14-12)8-5-10-3-6-11(7-4-10)15(17)18/h1-9,14H/b8-5+. The van der Waals surface area contributed by atoms with Gasteiger partial charge >= 0.3 is 0 Å². The molecule has 0 spiro atoms. The Hall–Kier alpha value is -2.69. The van der Waals surface area contributed by atoms with Crippen molar-refractivity contribution in [2.24, 2.45) is 0 Å². The molecule has 5 heteroatoms. The van der Waals surface area contributed by atoms with Crippen molar-refractivity contribution in [3.05, 3.63) is 70.0 Å². The number of aromatic nitrogens is 1. The number of hydrogen-bond acceptors (Lipinski definition) is 3. The van der Waals surface area contributed by atoms with Gasteiger partial charge in [0.15, 0.2) is 0 Å². The molecule has 0 saturated heterocycles. The minimum Gasteiger partial charge on any atom is -0.359 e. The van der Waals surface area contributed by atoms with Crippen molar-refractivity contribution >= 4 is 17.5 Å². The van der Waals surface area contributed by atoms with Crippen LogP contribution in [0.2, 0.25) is 0 Å². The monoisotopic (exact) mass is 242 g/mol. The lowest BCUT2D eigenvalue weighted by molar-refractivity contribution is -0.384. The second-order valence-corrected chi connectivity index (χ2v) is 3.63. The molecule has 18 heavy (non-hydrogen) atoms. The van der Waals surface area contributed by atoms with Crippen molar-refractivity contribution in [2.75, 3.05) is 0 Å². The molecule has 5 nitrogen and oxygen atoms in total. The van der Waals surface area contributed by atoms with Gasteiger partial charge in [0.25, 0.3) is 5.69 Å². The minimum absolute atomic E-state index is 0.0304. The lowest BCUT2D eigenvalue weighted by Crippen LogP contribution is -1.93. The van der Waals surface area contributed by atoms with Gasteiger partial charge in [0.2, 0.25) is 5.78 Å². The van der Waals surface area contributed by atoms with Crippen LogP contribution >= 0.6 is 0 Å². The zero-order valence-electron chi connectivity index (χ0n) is 9.37. The van der Waals surface area contributed by atoms with E-state index in [1.165, 1.54) is 18.2 Å². The van der Waals surface area contributed by atoms with E-state index >= 15 is 0 Å². The third-order valence-electron chi connectivity index (χ3n) is 2.39. The summed E-state index contributed by atoms with van der Waals surface area (Å²) in [5, 5.41) is 10.5. The summed E-state index contributed by atoms with van der Waals surface area (Å²) >= 11 is 0. The Morgan fingerprint density at radius 3 is 2.50 bits per heavy atom. The summed E-state index contributed by atoms with van der Waals surface area (Å²) in [6.07, 6.45) is 4.72. The Morgan fingerprint density at radius 2 is 1.94 bits per heavy atom. The molecule has 0 aliphatic carbocycles. The van der Waals surface area contributed by atoms with E-state index in [-0.39, 0.29) is 11.5 Å². The molecular weight excluding hydrogens is 232 g/mol. The fourth-order valence-electron chi connectivity index (χ4n) is 1.45. The van der Waals surface area contributed by atoms with E-state index in [0.717, 1.165) is 5.56 Å². The van der Waals surface area contributed by atoms with Crippen molar-refractivity contribution in [1.29, 1.82) is 0 Å². The lowest BCUT2D eigenvalue weighted by atomic mass is 10.1. The van der Waals surface area contributed by atoms with Crippen molar-refractivity contribution in [2.45, 2.75) is 0 Å². The summed E-state index contributed by atoms with van der Waals surface area (Å²) in [4.78, 5) is 24.4. The molecule has 1 aromatic carbocycles. The van der Waals surface area contributed by atoms with Crippen molar-refractivity contribution in [3.63, 3.8) is 0 Å². The van der Waals surface area contributed by atoms with Crippen LogP contribution in [0.1, 0.15) is 16.1 Å². The number of nitro benzene ring substituents is 1.